The largest absolute Gasteiger partial charge is 0.468 e. The van der Waals surface area contributed by atoms with Crippen LogP contribution in [0, 0.1) is 5.82 Å². The second-order valence-corrected chi connectivity index (χ2v) is 9.07. The van der Waals surface area contributed by atoms with Crippen molar-refractivity contribution >= 4 is 16.8 Å². The standard InChI is InChI=1S/C29H29FN2O4/c30-24-10-11-26-27(19-24)36-31-28(26)21-12-15-32(16-13-21)14-5-17-34-20-35-25-9-4-8-23(18-25)29(33)22-6-2-1-3-7-22/h1-4,6-11,18-19,21H,5,12-17,20H2. The van der Waals surface area contributed by atoms with Gasteiger partial charge in [0.1, 0.15) is 11.6 Å². The van der Waals surface area contributed by atoms with Crippen LogP contribution in [0.2, 0.25) is 0 Å². The summed E-state index contributed by atoms with van der Waals surface area (Å²) in [5.74, 6) is 0.611. The third-order valence-electron chi connectivity index (χ3n) is 6.64. The Morgan fingerprint density at radius 1 is 1.00 bits per heavy atom. The van der Waals surface area contributed by atoms with Crippen molar-refractivity contribution < 1.29 is 23.2 Å². The Hall–Kier alpha value is -3.55. The number of piperidine rings is 1. The van der Waals surface area contributed by atoms with E-state index in [1.165, 1.54) is 12.1 Å². The number of benzene rings is 3. The molecule has 3 aromatic carbocycles. The molecule has 1 fully saturated rings. The average Bonchev–Trinajstić information content (AvgIpc) is 3.34. The molecule has 4 aromatic rings. The van der Waals surface area contributed by atoms with Crippen LogP contribution >= 0.6 is 0 Å². The van der Waals surface area contributed by atoms with Crippen LogP contribution in [0.1, 0.15) is 46.8 Å². The summed E-state index contributed by atoms with van der Waals surface area (Å²) in [6.45, 7) is 3.67. The smallest absolute Gasteiger partial charge is 0.193 e. The van der Waals surface area contributed by atoms with E-state index in [4.69, 9.17) is 14.0 Å². The molecule has 1 saturated heterocycles. The van der Waals surface area contributed by atoms with Gasteiger partial charge in [0.05, 0.1) is 12.3 Å². The molecule has 7 heteroatoms. The van der Waals surface area contributed by atoms with E-state index >= 15 is 0 Å². The van der Waals surface area contributed by atoms with E-state index < -0.39 is 0 Å². The Balaban J connectivity index is 1.00. The zero-order chi connectivity index (χ0) is 24.7. The average molecular weight is 489 g/mol. The molecule has 0 saturated carbocycles. The second-order valence-electron chi connectivity index (χ2n) is 9.07. The van der Waals surface area contributed by atoms with Gasteiger partial charge in [0.25, 0.3) is 0 Å². The lowest BCUT2D eigenvalue weighted by molar-refractivity contribution is 0.0106. The molecule has 1 aliphatic rings. The SMILES string of the molecule is O=C(c1ccccc1)c1cccc(OCOCCCN2CCC(c3noc4cc(F)ccc34)CC2)c1. The van der Waals surface area contributed by atoms with E-state index in [1.807, 2.05) is 30.3 Å². The topological polar surface area (TPSA) is 64.8 Å². The van der Waals surface area contributed by atoms with Gasteiger partial charge in [0.15, 0.2) is 18.2 Å². The van der Waals surface area contributed by atoms with E-state index in [0.29, 0.717) is 35.0 Å². The number of carbonyl (C=O) groups excluding carboxylic acids is 1. The highest BCUT2D eigenvalue weighted by atomic mass is 19.1. The van der Waals surface area contributed by atoms with Crippen LogP contribution in [0.4, 0.5) is 4.39 Å². The zero-order valence-electron chi connectivity index (χ0n) is 20.1. The maximum atomic E-state index is 13.4. The number of ether oxygens (including phenoxy) is 2. The summed E-state index contributed by atoms with van der Waals surface area (Å²) in [7, 11) is 0. The molecule has 0 amide bonds. The fourth-order valence-corrected chi connectivity index (χ4v) is 4.70. The van der Waals surface area contributed by atoms with Gasteiger partial charge in [-0.1, -0.05) is 47.6 Å². The fourth-order valence-electron chi connectivity index (χ4n) is 4.70. The Morgan fingerprint density at radius 2 is 1.81 bits per heavy atom. The summed E-state index contributed by atoms with van der Waals surface area (Å²) >= 11 is 0. The minimum Gasteiger partial charge on any atom is -0.468 e. The minimum absolute atomic E-state index is 0.0311. The number of halogens is 1. The molecule has 0 N–H and O–H groups in total. The van der Waals surface area contributed by atoms with Gasteiger partial charge in [-0.05, 0) is 56.6 Å². The highest BCUT2D eigenvalue weighted by Crippen LogP contribution is 2.32. The van der Waals surface area contributed by atoms with Gasteiger partial charge < -0.3 is 18.9 Å². The lowest BCUT2D eigenvalue weighted by Crippen LogP contribution is -2.34. The van der Waals surface area contributed by atoms with Crippen molar-refractivity contribution in [1.29, 1.82) is 0 Å². The first-order chi connectivity index (χ1) is 17.7. The highest BCUT2D eigenvalue weighted by Gasteiger charge is 2.25. The molecule has 0 bridgehead atoms. The lowest BCUT2D eigenvalue weighted by atomic mass is 9.91. The molecule has 0 radical (unpaired) electrons. The lowest BCUT2D eigenvalue weighted by Gasteiger charge is -2.31. The molecule has 0 unspecified atom stereocenters. The van der Waals surface area contributed by atoms with Gasteiger partial charge in [0.2, 0.25) is 0 Å². The second kappa shape index (κ2) is 11.5. The van der Waals surface area contributed by atoms with Crippen LogP contribution in [0.5, 0.6) is 5.75 Å². The Morgan fingerprint density at radius 3 is 2.64 bits per heavy atom. The van der Waals surface area contributed by atoms with Gasteiger partial charge in [-0.15, -0.1) is 0 Å². The molecule has 0 aliphatic carbocycles. The first-order valence-corrected chi connectivity index (χ1v) is 12.3. The molecular weight excluding hydrogens is 459 g/mol. The van der Waals surface area contributed by atoms with Crippen LogP contribution in [-0.2, 0) is 4.74 Å². The van der Waals surface area contributed by atoms with Crippen molar-refractivity contribution in [2.24, 2.45) is 0 Å². The summed E-state index contributed by atoms with van der Waals surface area (Å²) < 4.78 is 30.1. The summed E-state index contributed by atoms with van der Waals surface area (Å²) in [6.07, 6.45) is 2.91. The van der Waals surface area contributed by atoms with Crippen molar-refractivity contribution in [2.45, 2.75) is 25.2 Å². The molecule has 1 aromatic heterocycles. The predicted octanol–water partition coefficient (Wildman–Crippen LogP) is 5.82. The first kappa shape index (κ1) is 24.2. The summed E-state index contributed by atoms with van der Waals surface area (Å²) in [6, 6.07) is 21.0. The van der Waals surface area contributed by atoms with Crippen molar-refractivity contribution in [3.8, 4) is 5.75 Å². The van der Waals surface area contributed by atoms with E-state index in [-0.39, 0.29) is 18.4 Å². The Labute approximate surface area is 209 Å². The number of carbonyl (C=O) groups is 1. The molecule has 6 nitrogen and oxygen atoms in total. The fraction of sp³-hybridized carbons (Fsp3) is 0.310. The Bertz CT molecular complexity index is 1300. The number of nitrogens with zero attached hydrogens (tertiary/aromatic N) is 2. The van der Waals surface area contributed by atoms with Crippen molar-refractivity contribution in [3.63, 3.8) is 0 Å². The molecule has 186 valence electrons. The first-order valence-electron chi connectivity index (χ1n) is 12.3. The maximum absolute atomic E-state index is 13.4. The molecular formula is C29H29FN2O4. The molecule has 0 atom stereocenters. The number of ketones is 1. The number of rotatable bonds is 10. The van der Waals surface area contributed by atoms with Gasteiger partial charge in [-0.3, -0.25) is 4.79 Å². The third kappa shape index (κ3) is 5.80. The number of fused-ring (bicyclic) bond motifs is 1. The number of aromatic nitrogens is 1. The van der Waals surface area contributed by atoms with Gasteiger partial charge >= 0.3 is 0 Å². The molecule has 0 spiro atoms. The quantitative estimate of drug-likeness (QED) is 0.159. The molecule has 2 heterocycles. The highest BCUT2D eigenvalue weighted by molar-refractivity contribution is 6.09. The van der Waals surface area contributed by atoms with E-state index in [1.54, 1.807) is 30.3 Å². The maximum Gasteiger partial charge on any atom is 0.193 e. The molecule has 1 aliphatic heterocycles. The van der Waals surface area contributed by atoms with Crippen LogP contribution in [0.15, 0.2) is 77.3 Å². The zero-order valence-corrected chi connectivity index (χ0v) is 20.1. The van der Waals surface area contributed by atoms with Crippen LogP contribution < -0.4 is 4.74 Å². The summed E-state index contributed by atoms with van der Waals surface area (Å²) in [5, 5.41) is 5.14. The normalized spacial score (nSPS) is 14.8. The van der Waals surface area contributed by atoms with Crippen LogP contribution in [0.3, 0.4) is 0 Å². The van der Waals surface area contributed by atoms with Gasteiger partial charge in [0, 0.05) is 35.0 Å². The number of hydrogen-bond donors (Lipinski definition) is 0. The minimum atomic E-state index is -0.306. The Kier molecular flexibility index (Phi) is 7.69. The van der Waals surface area contributed by atoms with E-state index in [0.717, 1.165) is 50.0 Å². The third-order valence-corrected chi connectivity index (χ3v) is 6.64. The molecule has 5 rings (SSSR count). The predicted molar refractivity (Wildman–Crippen MR) is 135 cm³/mol. The summed E-state index contributed by atoms with van der Waals surface area (Å²) in [4.78, 5) is 15.0. The van der Waals surface area contributed by atoms with E-state index in [2.05, 4.69) is 10.1 Å². The van der Waals surface area contributed by atoms with Gasteiger partial charge in [-0.2, -0.15) is 0 Å². The van der Waals surface area contributed by atoms with Crippen LogP contribution in [0.25, 0.3) is 11.0 Å². The number of likely N-dealkylation sites (tertiary alicyclic amines) is 1. The molecule has 36 heavy (non-hydrogen) atoms. The summed E-state index contributed by atoms with van der Waals surface area (Å²) in [5.41, 5.74) is 2.70. The van der Waals surface area contributed by atoms with E-state index in [9.17, 15) is 9.18 Å². The number of hydrogen-bond acceptors (Lipinski definition) is 6. The van der Waals surface area contributed by atoms with Crippen molar-refractivity contribution in [1.82, 2.24) is 10.1 Å². The van der Waals surface area contributed by atoms with Crippen molar-refractivity contribution in [3.05, 3.63) is 95.4 Å². The van der Waals surface area contributed by atoms with Crippen LogP contribution in [-0.4, -0.2) is 48.9 Å². The van der Waals surface area contributed by atoms with Gasteiger partial charge in [-0.25, -0.2) is 4.39 Å². The monoisotopic (exact) mass is 488 g/mol. The van der Waals surface area contributed by atoms with Crippen molar-refractivity contribution in [2.75, 3.05) is 33.0 Å².